The van der Waals surface area contributed by atoms with E-state index in [1.165, 1.54) is 18.7 Å². The zero-order chi connectivity index (χ0) is 41.3. The summed E-state index contributed by atoms with van der Waals surface area (Å²) in [4.78, 5) is 0.580. The fraction of sp³-hybridized carbons (Fsp3) is 0.0400. The Bertz CT molecular complexity index is 3660. The van der Waals surface area contributed by atoms with Gasteiger partial charge in [-0.3, -0.25) is 0 Å². The minimum absolute atomic E-state index is 0.280. The maximum atomic E-state index is 13.9. The fourth-order valence-corrected chi connectivity index (χ4v) is 11.9. The van der Waals surface area contributed by atoms with Crippen molar-refractivity contribution in [2.45, 2.75) is 23.6 Å². The van der Waals surface area contributed by atoms with E-state index in [-0.39, 0.29) is 4.90 Å². The molecule has 3 heterocycles. The Kier molecular flexibility index (Phi) is 9.19. The van der Waals surface area contributed by atoms with Crippen molar-refractivity contribution in [1.29, 1.82) is 0 Å². The molecule has 0 saturated heterocycles. The Morgan fingerprint density at radius 3 is 1.17 bits per heavy atom. The number of para-hydroxylation sites is 4. The van der Waals surface area contributed by atoms with Crippen molar-refractivity contribution in [2.24, 2.45) is 0 Å². The van der Waals surface area contributed by atoms with Gasteiger partial charge in [0, 0.05) is 41.6 Å². The Hall–Kier alpha value is -6.21. The summed E-state index contributed by atoms with van der Waals surface area (Å²) in [7, 11) is -7.46. The second-order valence-corrected chi connectivity index (χ2v) is 19.8. The van der Waals surface area contributed by atoms with E-state index in [4.69, 9.17) is 0 Å². The second kappa shape index (κ2) is 14.5. The Labute approximate surface area is 361 Å². The molecular weight excluding hydrogens is 898 g/mol. The molecule has 8 aromatic carbocycles. The van der Waals surface area contributed by atoms with Gasteiger partial charge in [-0.05, 0) is 121 Å². The first-order valence-corrected chi connectivity index (χ1v) is 23.3. The summed E-state index contributed by atoms with van der Waals surface area (Å²) in [6.45, 7) is 3.89. The normalized spacial score (nSPS) is 12.2. The largest absolute Gasteiger partial charge is 0.309 e. The van der Waals surface area contributed by atoms with Gasteiger partial charge in [0.1, 0.15) is 0 Å². The second-order valence-electron chi connectivity index (χ2n) is 14.9. The van der Waals surface area contributed by atoms with Gasteiger partial charge in [0.25, 0.3) is 20.0 Å². The summed E-state index contributed by atoms with van der Waals surface area (Å²) in [6.07, 6.45) is 0. The lowest BCUT2D eigenvalue weighted by atomic mass is 10.1. The molecule has 0 radical (unpaired) electrons. The molecule has 0 aliphatic carbocycles. The highest BCUT2D eigenvalue weighted by molar-refractivity contribution is 14.1. The van der Waals surface area contributed by atoms with Crippen molar-refractivity contribution < 1.29 is 16.8 Å². The molecule has 294 valence electrons. The van der Waals surface area contributed by atoms with Gasteiger partial charge in [-0.1, -0.05) is 108 Å². The molecule has 60 heavy (non-hydrogen) atoms. The van der Waals surface area contributed by atoms with Gasteiger partial charge < -0.3 is 4.57 Å². The van der Waals surface area contributed by atoms with E-state index in [1.807, 2.05) is 117 Å². The van der Waals surface area contributed by atoms with Crippen LogP contribution in [0.4, 0.5) is 0 Å². The summed E-state index contributed by atoms with van der Waals surface area (Å²) in [5.74, 6) is 0. The molecule has 0 atom stereocenters. The molecule has 0 saturated carbocycles. The quantitative estimate of drug-likeness (QED) is 0.161. The van der Waals surface area contributed by atoms with Crippen LogP contribution in [0.15, 0.2) is 192 Å². The highest BCUT2D eigenvalue weighted by atomic mass is 127. The first kappa shape index (κ1) is 38.0. The lowest BCUT2D eigenvalue weighted by Crippen LogP contribution is -2.12. The third-order valence-electron chi connectivity index (χ3n) is 11.2. The van der Waals surface area contributed by atoms with E-state index in [1.54, 1.807) is 24.3 Å². The fourth-order valence-electron chi connectivity index (χ4n) is 8.32. The molecule has 7 nitrogen and oxygen atoms in total. The smallest absolute Gasteiger partial charge is 0.268 e. The summed E-state index contributed by atoms with van der Waals surface area (Å²) in [5.41, 5.74) is 8.04. The van der Waals surface area contributed by atoms with E-state index in [0.717, 1.165) is 53.0 Å². The molecular formula is C50H36IN3O4S2. The molecule has 0 amide bonds. The molecule has 0 N–H and O–H groups in total. The van der Waals surface area contributed by atoms with E-state index in [0.29, 0.717) is 27.0 Å². The maximum absolute atomic E-state index is 13.9. The molecule has 0 bridgehead atoms. The SMILES string of the molecule is Cc1ccc(S(=O)(=O)n2c3ccccc3c3cc(-n4c5ccccc5c5ccccc54)ccc32)cc1.Cc1ccc(S(=O)(=O)n2c3ccccc3c3cc(I)ccc32)cc1. The third kappa shape index (κ3) is 6.12. The molecule has 0 spiro atoms. The summed E-state index contributed by atoms with van der Waals surface area (Å²) in [5, 5.41) is 6.09. The van der Waals surface area contributed by atoms with Crippen molar-refractivity contribution in [3.63, 3.8) is 0 Å². The van der Waals surface area contributed by atoms with Gasteiger partial charge in [-0.25, -0.2) is 24.8 Å². The average Bonchev–Trinajstić information content (AvgIpc) is 3.90. The molecule has 3 aromatic heterocycles. The van der Waals surface area contributed by atoms with Crippen LogP contribution in [0, 0.1) is 17.4 Å². The van der Waals surface area contributed by atoms with Crippen LogP contribution in [0.25, 0.3) is 71.1 Å². The molecule has 0 aliphatic rings. The van der Waals surface area contributed by atoms with Crippen LogP contribution in [0.3, 0.4) is 0 Å². The highest BCUT2D eigenvalue weighted by Gasteiger charge is 2.25. The Morgan fingerprint density at radius 2 is 0.717 bits per heavy atom. The maximum Gasteiger partial charge on any atom is 0.268 e. The number of halogens is 1. The highest BCUT2D eigenvalue weighted by Crippen LogP contribution is 2.38. The van der Waals surface area contributed by atoms with Crippen molar-refractivity contribution in [3.8, 4) is 5.69 Å². The predicted octanol–water partition coefficient (Wildman–Crippen LogP) is 12.4. The van der Waals surface area contributed by atoms with Crippen LogP contribution in [0.1, 0.15) is 11.1 Å². The van der Waals surface area contributed by atoms with Gasteiger partial charge in [0.2, 0.25) is 0 Å². The van der Waals surface area contributed by atoms with Crippen molar-refractivity contribution in [1.82, 2.24) is 12.5 Å². The Morgan fingerprint density at radius 1 is 0.367 bits per heavy atom. The number of benzene rings is 8. The van der Waals surface area contributed by atoms with Crippen LogP contribution in [0.5, 0.6) is 0 Å². The number of nitrogens with zero attached hydrogens (tertiary/aromatic N) is 3. The minimum Gasteiger partial charge on any atom is -0.309 e. The lowest BCUT2D eigenvalue weighted by Gasteiger charge is -2.11. The van der Waals surface area contributed by atoms with Crippen LogP contribution in [0.2, 0.25) is 0 Å². The van der Waals surface area contributed by atoms with E-state index in [2.05, 4.69) is 81.8 Å². The first-order valence-electron chi connectivity index (χ1n) is 19.4. The predicted molar refractivity (Wildman–Crippen MR) is 253 cm³/mol. The number of aromatic nitrogens is 3. The van der Waals surface area contributed by atoms with Crippen molar-refractivity contribution in [2.75, 3.05) is 0 Å². The minimum atomic E-state index is -3.79. The molecule has 11 rings (SSSR count). The van der Waals surface area contributed by atoms with Gasteiger partial charge in [0.05, 0.1) is 42.9 Å². The van der Waals surface area contributed by atoms with Crippen molar-refractivity contribution in [3.05, 3.63) is 197 Å². The summed E-state index contributed by atoms with van der Waals surface area (Å²) in [6, 6.07) is 58.0. The standard InChI is InChI=1S/C31H22N2O2S.C19H14INO2S/c1-21-14-17-23(18-15-21)36(34,35)33-30-13-7-4-10-26(30)27-20-22(16-19-31(27)33)32-28-11-5-2-8-24(28)25-9-3-6-12-29(25)32;1-13-6-9-15(10-7-13)24(22,23)21-18-5-3-2-4-16(18)17-12-14(20)8-11-19(17)21/h2-20H,1H3;2-12H,1H3. The number of hydrogen-bond donors (Lipinski definition) is 0. The van der Waals surface area contributed by atoms with Gasteiger partial charge in [-0.15, -0.1) is 0 Å². The monoisotopic (exact) mass is 933 g/mol. The number of aryl methyl sites for hydroxylation is 2. The number of hydrogen-bond acceptors (Lipinski definition) is 4. The topological polar surface area (TPSA) is 83.1 Å². The summed E-state index contributed by atoms with van der Waals surface area (Å²) < 4.78 is 60.5. The van der Waals surface area contributed by atoms with E-state index >= 15 is 0 Å². The molecule has 11 aromatic rings. The van der Waals surface area contributed by atoms with Gasteiger partial charge in [-0.2, -0.15) is 0 Å². The Balaban J connectivity index is 0.000000157. The van der Waals surface area contributed by atoms with Crippen LogP contribution >= 0.6 is 22.6 Å². The molecule has 10 heteroatoms. The van der Waals surface area contributed by atoms with Crippen LogP contribution in [-0.2, 0) is 20.0 Å². The lowest BCUT2D eigenvalue weighted by molar-refractivity contribution is 0.588. The number of rotatable bonds is 5. The van der Waals surface area contributed by atoms with E-state index in [9.17, 15) is 16.8 Å². The van der Waals surface area contributed by atoms with Crippen LogP contribution < -0.4 is 0 Å². The zero-order valence-electron chi connectivity index (χ0n) is 32.5. The van der Waals surface area contributed by atoms with E-state index < -0.39 is 20.0 Å². The third-order valence-corrected chi connectivity index (χ3v) is 15.3. The molecule has 0 fully saturated rings. The molecule has 0 aliphatic heterocycles. The van der Waals surface area contributed by atoms with Crippen LogP contribution in [-0.4, -0.2) is 29.3 Å². The van der Waals surface area contributed by atoms with Gasteiger partial charge in [0.15, 0.2) is 0 Å². The number of fused-ring (bicyclic) bond motifs is 9. The van der Waals surface area contributed by atoms with Crippen molar-refractivity contribution >= 4 is 108 Å². The molecule has 0 unspecified atom stereocenters. The van der Waals surface area contributed by atoms with Gasteiger partial charge >= 0.3 is 0 Å². The average molecular weight is 934 g/mol. The summed E-state index contributed by atoms with van der Waals surface area (Å²) >= 11 is 2.25. The first-order chi connectivity index (χ1) is 29.0. The zero-order valence-corrected chi connectivity index (χ0v) is 36.3.